The van der Waals surface area contributed by atoms with E-state index in [0.717, 1.165) is 5.56 Å². The summed E-state index contributed by atoms with van der Waals surface area (Å²) in [5.74, 6) is 0. The van der Waals surface area contributed by atoms with Gasteiger partial charge < -0.3 is 5.73 Å². The lowest BCUT2D eigenvalue weighted by atomic mass is 9.97. The van der Waals surface area contributed by atoms with Gasteiger partial charge in [-0.15, -0.1) is 0 Å². The summed E-state index contributed by atoms with van der Waals surface area (Å²) in [6.07, 6.45) is 0. The highest BCUT2D eigenvalue weighted by atomic mass is 32.2. The summed E-state index contributed by atoms with van der Waals surface area (Å²) in [6.45, 7) is 10.0. The highest BCUT2D eigenvalue weighted by Crippen LogP contribution is 2.28. The Kier molecular flexibility index (Phi) is 4.32. The van der Waals surface area contributed by atoms with Crippen LogP contribution >= 0.6 is 0 Å². The molecule has 5 heteroatoms. The molecular formula is C14H24N2O2S. The Morgan fingerprint density at radius 1 is 1.21 bits per heavy atom. The van der Waals surface area contributed by atoms with E-state index in [9.17, 15) is 8.42 Å². The number of benzene rings is 1. The number of anilines is 1. The van der Waals surface area contributed by atoms with Crippen LogP contribution in [-0.2, 0) is 10.0 Å². The molecule has 0 radical (unpaired) electrons. The van der Waals surface area contributed by atoms with Crippen molar-refractivity contribution in [2.24, 2.45) is 5.41 Å². The molecule has 0 bridgehead atoms. The van der Waals surface area contributed by atoms with E-state index in [0.29, 0.717) is 22.7 Å². The third kappa shape index (κ3) is 3.48. The Morgan fingerprint density at radius 3 is 2.21 bits per heavy atom. The number of rotatable bonds is 3. The molecule has 0 saturated heterocycles. The lowest BCUT2D eigenvalue weighted by Gasteiger charge is -2.27. The van der Waals surface area contributed by atoms with Gasteiger partial charge in [-0.1, -0.05) is 26.8 Å². The minimum absolute atomic E-state index is 0.0933. The van der Waals surface area contributed by atoms with Gasteiger partial charge in [0.2, 0.25) is 10.0 Å². The van der Waals surface area contributed by atoms with Gasteiger partial charge >= 0.3 is 0 Å². The van der Waals surface area contributed by atoms with E-state index in [4.69, 9.17) is 5.73 Å². The van der Waals surface area contributed by atoms with Gasteiger partial charge in [0, 0.05) is 19.3 Å². The summed E-state index contributed by atoms with van der Waals surface area (Å²) in [6, 6.07) is 3.49. The largest absolute Gasteiger partial charge is 0.398 e. The number of nitrogens with zero attached hydrogens (tertiary/aromatic N) is 1. The van der Waals surface area contributed by atoms with Crippen molar-refractivity contribution in [3.8, 4) is 0 Å². The average Bonchev–Trinajstić information content (AvgIpc) is 2.21. The Balaban J connectivity index is 3.33. The molecule has 0 aliphatic rings. The van der Waals surface area contributed by atoms with Gasteiger partial charge in [0.1, 0.15) is 0 Å². The molecule has 0 aliphatic heterocycles. The molecule has 0 atom stereocenters. The molecule has 1 rings (SSSR count). The normalized spacial score (nSPS) is 13.0. The lowest BCUT2D eigenvalue weighted by Crippen LogP contribution is -2.35. The average molecular weight is 284 g/mol. The number of aryl methyl sites for hydroxylation is 1. The fourth-order valence-electron chi connectivity index (χ4n) is 2.15. The van der Waals surface area contributed by atoms with Gasteiger partial charge in [0.15, 0.2) is 0 Å². The summed E-state index contributed by atoms with van der Waals surface area (Å²) < 4.78 is 26.8. The van der Waals surface area contributed by atoms with Crippen LogP contribution in [0.2, 0.25) is 0 Å². The first-order valence-corrected chi connectivity index (χ1v) is 7.73. The summed E-state index contributed by atoms with van der Waals surface area (Å²) in [7, 11) is -1.89. The van der Waals surface area contributed by atoms with Crippen molar-refractivity contribution in [3.05, 3.63) is 23.3 Å². The second kappa shape index (κ2) is 5.13. The van der Waals surface area contributed by atoms with Crippen molar-refractivity contribution in [2.75, 3.05) is 19.3 Å². The van der Waals surface area contributed by atoms with E-state index in [1.54, 1.807) is 33.0 Å². The molecule has 0 saturated carbocycles. The van der Waals surface area contributed by atoms with Gasteiger partial charge in [-0.3, -0.25) is 0 Å². The maximum Gasteiger partial charge on any atom is 0.243 e. The van der Waals surface area contributed by atoms with Crippen LogP contribution in [0.5, 0.6) is 0 Å². The lowest BCUT2D eigenvalue weighted by molar-refractivity contribution is 0.310. The Labute approximate surface area is 116 Å². The van der Waals surface area contributed by atoms with E-state index in [-0.39, 0.29) is 5.41 Å². The van der Waals surface area contributed by atoms with Gasteiger partial charge in [-0.2, -0.15) is 0 Å². The van der Waals surface area contributed by atoms with E-state index in [1.165, 1.54) is 4.31 Å². The first-order chi connectivity index (χ1) is 8.47. The zero-order valence-electron chi connectivity index (χ0n) is 12.6. The molecule has 4 nitrogen and oxygen atoms in total. The number of nitrogens with two attached hydrogens (primary N) is 1. The molecule has 108 valence electrons. The van der Waals surface area contributed by atoms with Crippen LogP contribution in [0, 0.1) is 19.3 Å². The fraction of sp³-hybridized carbons (Fsp3) is 0.571. The highest BCUT2D eigenvalue weighted by Gasteiger charge is 2.28. The molecule has 0 heterocycles. The number of nitrogen functional groups attached to an aromatic ring is 1. The summed E-state index contributed by atoms with van der Waals surface area (Å²) in [5, 5.41) is 0. The molecule has 19 heavy (non-hydrogen) atoms. The van der Waals surface area contributed by atoms with E-state index in [2.05, 4.69) is 0 Å². The van der Waals surface area contributed by atoms with Crippen LogP contribution in [0.15, 0.2) is 17.0 Å². The number of hydrogen-bond acceptors (Lipinski definition) is 3. The van der Waals surface area contributed by atoms with Crippen molar-refractivity contribution in [3.63, 3.8) is 0 Å². The minimum atomic E-state index is -3.50. The Hall–Kier alpha value is -1.07. The summed E-state index contributed by atoms with van der Waals surface area (Å²) in [5.41, 5.74) is 7.60. The Morgan fingerprint density at radius 2 is 1.74 bits per heavy atom. The van der Waals surface area contributed by atoms with Gasteiger partial charge in [-0.05, 0) is 36.5 Å². The zero-order valence-corrected chi connectivity index (χ0v) is 13.4. The molecule has 1 aromatic carbocycles. The van der Waals surface area contributed by atoms with Crippen LogP contribution in [0.1, 0.15) is 31.9 Å². The fourth-order valence-corrected chi connectivity index (χ4v) is 4.00. The molecular weight excluding hydrogens is 260 g/mol. The van der Waals surface area contributed by atoms with E-state index >= 15 is 0 Å². The molecule has 0 aromatic heterocycles. The third-order valence-electron chi connectivity index (χ3n) is 3.01. The first kappa shape index (κ1) is 16.0. The third-order valence-corrected chi connectivity index (χ3v) is 5.10. The van der Waals surface area contributed by atoms with Gasteiger partial charge in [0.25, 0.3) is 0 Å². The SMILES string of the molecule is Cc1ccc(N)c(C)c1S(=O)(=O)N(C)CC(C)(C)C. The standard InChI is InChI=1S/C14H24N2O2S/c1-10-7-8-12(15)11(2)13(10)19(17,18)16(6)9-14(3,4)5/h7-8H,9,15H2,1-6H3. The summed E-state index contributed by atoms with van der Waals surface area (Å²) >= 11 is 0. The topological polar surface area (TPSA) is 63.4 Å². The van der Waals surface area contributed by atoms with Crippen LogP contribution in [0.25, 0.3) is 0 Å². The number of hydrogen-bond donors (Lipinski definition) is 1. The van der Waals surface area contributed by atoms with Crippen LogP contribution in [-0.4, -0.2) is 26.3 Å². The summed E-state index contributed by atoms with van der Waals surface area (Å²) in [4.78, 5) is 0.333. The van der Waals surface area contributed by atoms with Crippen molar-refractivity contribution >= 4 is 15.7 Å². The predicted octanol–water partition coefficient (Wildman–Crippen LogP) is 2.55. The molecule has 2 N–H and O–H groups in total. The zero-order chi connectivity index (χ0) is 15.0. The molecule has 0 spiro atoms. The van der Waals surface area contributed by atoms with E-state index in [1.807, 2.05) is 20.8 Å². The highest BCUT2D eigenvalue weighted by molar-refractivity contribution is 7.89. The van der Waals surface area contributed by atoms with Crippen molar-refractivity contribution < 1.29 is 8.42 Å². The van der Waals surface area contributed by atoms with Crippen LogP contribution < -0.4 is 5.73 Å². The van der Waals surface area contributed by atoms with Crippen LogP contribution in [0.3, 0.4) is 0 Å². The maximum atomic E-state index is 12.7. The van der Waals surface area contributed by atoms with Crippen molar-refractivity contribution in [1.82, 2.24) is 4.31 Å². The van der Waals surface area contributed by atoms with E-state index < -0.39 is 10.0 Å². The van der Waals surface area contributed by atoms with Crippen molar-refractivity contribution in [1.29, 1.82) is 0 Å². The first-order valence-electron chi connectivity index (χ1n) is 6.29. The van der Waals surface area contributed by atoms with Gasteiger partial charge in [-0.25, -0.2) is 12.7 Å². The quantitative estimate of drug-likeness (QED) is 0.868. The van der Waals surface area contributed by atoms with Gasteiger partial charge in [0.05, 0.1) is 4.90 Å². The maximum absolute atomic E-state index is 12.7. The van der Waals surface area contributed by atoms with Crippen molar-refractivity contribution in [2.45, 2.75) is 39.5 Å². The second-order valence-electron chi connectivity index (χ2n) is 6.25. The number of sulfonamides is 1. The second-order valence-corrected chi connectivity index (χ2v) is 8.23. The molecule has 0 unspecified atom stereocenters. The molecule has 0 fully saturated rings. The minimum Gasteiger partial charge on any atom is -0.398 e. The molecule has 0 amide bonds. The van der Waals surface area contributed by atoms with Crippen LogP contribution in [0.4, 0.5) is 5.69 Å². The monoisotopic (exact) mass is 284 g/mol. The molecule has 0 aliphatic carbocycles. The molecule has 1 aromatic rings. The smallest absolute Gasteiger partial charge is 0.243 e. The predicted molar refractivity (Wildman–Crippen MR) is 79.6 cm³/mol. The Bertz CT molecular complexity index is 572.